The first kappa shape index (κ1) is 15.7. The van der Waals surface area contributed by atoms with Gasteiger partial charge in [-0.05, 0) is 37.2 Å². The number of ether oxygens (including phenoxy) is 3. The standard InChI is InChI=1S/C15H18N4O3S/c1-20-11-6-3-5-10(13(11)21-2)9-16-19-14(17-18-15(19)23)12-7-4-8-22-12/h3,5-6,9,12H,4,7-8H2,1-2H3,(H,18,23)/b16-9-/t12-/m0/s1. The molecule has 1 N–H and O–H groups in total. The third-order valence-electron chi connectivity index (χ3n) is 3.64. The number of para-hydroxylation sites is 1. The summed E-state index contributed by atoms with van der Waals surface area (Å²) in [6.07, 6.45) is 3.52. The number of nitrogens with zero attached hydrogens (tertiary/aromatic N) is 3. The minimum atomic E-state index is -0.0766. The highest BCUT2D eigenvalue weighted by atomic mass is 32.1. The van der Waals surface area contributed by atoms with Crippen molar-refractivity contribution in [3.63, 3.8) is 0 Å². The van der Waals surface area contributed by atoms with E-state index in [4.69, 9.17) is 26.4 Å². The Morgan fingerprint density at radius 3 is 3.00 bits per heavy atom. The Morgan fingerprint density at radius 1 is 1.43 bits per heavy atom. The highest BCUT2D eigenvalue weighted by molar-refractivity contribution is 7.71. The van der Waals surface area contributed by atoms with Gasteiger partial charge in [-0.2, -0.15) is 14.9 Å². The molecule has 122 valence electrons. The fourth-order valence-electron chi connectivity index (χ4n) is 2.54. The van der Waals surface area contributed by atoms with Gasteiger partial charge in [0.25, 0.3) is 0 Å². The number of benzene rings is 1. The van der Waals surface area contributed by atoms with Gasteiger partial charge < -0.3 is 14.2 Å². The quantitative estimate of drug-likeness (QED) is 0.672. The second-order valence-electron chi connectivity index (χ2n) is 5.03. The molecule has 1 aromatic carbocycles. The van der Waals surface area contributed by atoms with Crippen LogP contribution in [0.25, 0.3) is 0 Å². The maximum absolute atomic E-state index is 5.66. The van der Waals surface area contributed by atoms with E-state index in [1.54, 1.807) is 25.1 Å². The van der Waals surface area contributed by atoms with Gasteiger partial charge in [0.1, 0.15) is 6.10 Å². The summed E-state index contributed by atoms with van der Waals surface area (Å²) in [4.78, 5) is 0. The van der Waals surface area contributed by atoms with E-state index in [1.165, 1.54) is 0 Å². The largest absolute Gasteiger partial charge is 0.493 e. The summed E-state index contributed by atoms with van der Waals surface area (Å²) in [6.45, 7) is 0.734. The van der Waals surface area contributed by atoms with Gasteiger partial charge in [-0.1, -0.05) is 6.07 Å². The number of hydrogen-bond donors (Lipinski definition) is 1. The van der Waals surface area contributed by atoms with Gasteiger partial charge in [0.05, 0.1) is 20.4 Å². The van der Waals surface area contributed by atoms with Crippen molar-refractivity contribution in [3.8, 4) is 11.5 Å². The molecule has 3 rings (SSSR count). The first-order valence-corrected chi connectivity index (χ1v) is 7.69. The molecule has 2 aromatic rings. The van der Waals surface area contributed by atoms with E-state index in [0.717, 1.165) is 25.0 Å². The van der Waals surface area contributed by atoms with E-state index >= 15 is 0 Å². The number of aromatic nitrogens is 3. The van der Waals surface area contributed by atoms with Crippen LogP contribution < -0.4 is 9.47 Å². The average Bonchev–Trinajstić information content (AvgIpc) is 3.22. The number of rotatable bonds is 5. The van der Waals surface area contributed by atoms with E-state index in [9.17, 15) is 0 Å². The maximum Gasteiger partial charge on any atom is 0.216 e. The SMILES string of the molecule is COc1cccc(/C=N\n2c([C@@H]3CCCO3)n[nH]c2=S)c1OC. The zero-order valence-corrected chi connectivity index (χ0v) is 13.8. The monoisotopic (exact) mass is 334 g/mol. The lowest BCUT2D eigenvalue weighted by Gasteiger charge is -2.10. The summed E-state index contributed by atoms with van der Waals surface area (Å²) in [5, 5.41) is 11.4. The number of hydrogen-bond acceptors (Lipinski definition) is 6. The number of aromatic amines is 1. The lowest BCUT2D eigenvalue weighted by Crippen LogP contribution is -2.05. The number of H-pyrrole nitrogens is 1. The Labute approximate surface area is 138 Å². The van der Waals surface area contributed by atoms with Crippen molar-refractivity contribution in [1.29, 1.82) is 0 Å². The van der Waals surface area contributed by atoms with Crippen LogP contribution in [0.3, 0.4) is 0 Å². The molecule has 0 saturated carbocycles. The van der Waals surface area contributed by atoms with Crippen LogP contribution in [0.4, 0.5) is 0 Å². The molecule has 0 radical (unpaired) electrons. The van der Waals surface area contributed by atoms with Crippen LogP contribution in [0.1, 0.15) is 30.3 Å². The Morgan fingerprint density at radius 2 is 2.30 bits per heavy atom. The van der Waals surface area contributed by atoms with Crippen molar-refractivity contribution in [1.82, 2.24) is 14.9 Å². The summed E-state index contributed by atoms with van der Waals surface area (Å²) in [6, 6.07) is 5.59. The first-order chi connectivity index (χ1) is 11.2. The van der Waals surface area contributed by atoms with Crippen molar-refractivity contribution in [3.05, 3.63) is 34.4 Å². The molecular formula is C15H18N4O3S. The van der Waals surface area contributed by atoms with E-state index in [2.05, 4.69) is 15.3 Å². The minimum absolute atomic E-state index is 0.0766. The predicted molar refractivity (Wildman–Crippen MR) is 87.9 cm³/mol. The fourth-order valence-corrected chi connectivity index (χ4v) is 2.73. The summed E-state index contributed by atoms with van der Waals surface area (Å²) < 4.78 is 18.4. The van der Waals surface area contributed by atoms with Crippen LogP contribution in [-0.4, -0.2) is 41.9 Å². The summed E-state index contributed by atoms with van der Waals surface area (Å²) >= 11 is 5.25. The van der Waals surface area contributed by atoms with E-state index < -0.39 is 0 Å². The zero-order valence-electron chi connectivity index (χ0n) is 13.0. The van der Waals surface area contributed by atoms with Gasteiger partial charge in [0.2, 0.25) is 4.77 Å². The molecular weight excluding hydrogens is 316 g/mol. The van der Waals surface area contributed by atoms with Gasteiger partial charge in [0.15, 0.2) is 17.3 Å². The van der Waals surface area contributed by atoms with Crippen molar-refractivity contribution in [2.45, 2.75) is 18.9 Å². The van der Waals surface area contributed by atoms with Crippen LogP contribution in [0.2, 0.25) is 0 Å². The van der Waals surface area contributed by atoms with Crippen LogP contribution in [-0.2, 0) is 4.74 Å². The molecule has 0 unspecified atom stereocenters. The summed E-state index contributed by atoms with van der Waals surface area (Å²) in [5.41, 5.74) is 0.785. The number of nitrogens with one attached hydrogen (secondary N) is 1. The Kier molecular flexibility index (Phi) is 4.73. The Hall–Kier alpha value is -2.19. The normalized spacial score (nSPS) is 17.7. The molecule has 8 heteroatoms. The van der Waals surface area contributed by atoms with Gasteiger partial charge in [-0.25, -0.2) is 0 Å². The molecule has 0 bridgehead atoms. The molecule has 1 aliphatic rings. The van der Waals surface area contributed by atoms with Crippen LogP contribution in [0.5, 0.6) is 11.5 Å². The smallest absolute Gasteiger partial charge is 0.216 e. The molecule has 1 fully saturated rings. The molecule has 0 aliphatic carbocycles. The maximum atomic E-state index is 5.66. The second kappa shape index (κ2) is 6.93. The molecule has 0 amide bonds. The average molecular weight is 334 g/mol. The first-order valence-electron chi connectivity index (χ1n) is 7.29. The Balaban J connectivity index is 1.95. The van der Waals surface area contributed by atoms with Crippen molar-refractivity contribution in [2.24, 2.45) is 5.10 Å². The third-order valence-corrected chi connectivity index (χ3v) is 3.90. The van der Waals surface area contributed by atoms with Crippen molar-refractivity contribution in [2.75, 3.05) is 20.8 Å². The fraction of sp³-hybridized carbons (Fsp3) is 0.400. The second-order valence-corrected chi connectivity index (χ2v) is 5.41. The topological polar surface area (TPSA) is 73.7 Å². The molecule has 1 aromatic heterocycles. The molecule has 0 spiro atoms. The van der Waals surface area contributed by atoms with Gasteiger partial charge in [-0.15, -0.1) is 0 Å². The minimum Gasteiger partial charge on any atom is -0.493 e. The third kappa shape index (κ3) is 3.13. The van der Waals surface area contributed by atoms with E-state index in [0.29, 0.717) is 22.1 Å². The number of methoxy groups -OCH3 is 2. The molecule has 1 atom stereocenters. The van der Waals surface area contributed by atoms with Crippen LogP contribution >= 0.6 is 12.2 Å². The summed E-state index contributed by atoms with van der Waals surface area (Å²) in [7, 11) is 3.19. The molecule has 2 heterocycles. The lowest BCUT2D eigenvalue weighted by atomic mass is 10.2. The lowest BCUT2D eigenvalue weighted by molar-refractivity contribution is 0.102. The van der Waals surface area contributed by atoms with Crippen molar-refractivity contribution < 1.29 is 14.2 Å². The summed E-state index contributed by atoms with van der Waals surface area (Å²) in [5.74, 6) is 1.95. The van der Waals surface area contributed by atoms with Gasteiger partial charge in [0, 0.05) is 12.2 Å². The Bertz CT molecular complexity index is 762. The predicted octanol–water partition coefficient (Wildman–Crippen LogP) is 2.69. The molecule has 1 aliphatic heterocycles. The van der Waals surface area contributed by atoms with Crippen LogP contribution in [0, 0.1) is 4.77 Å². The molecule has 7 nitrogen and oxygen atoms in total. The molecule has 1 saturated heterocycles. The van der Waals surface area contributed by atoms with E-state index in [1.807, 2.05) is 18.2 Å². The van der Waals surface area contributed by atoms with Crippen LogP contribution in [0.15, 0.2) is 23.3 Å². The van der Waals surface area contributed by atoms with Gasteiger partial charge in [-0.3, -0.25) is 5.10 Å². The van der Waals surface area contributed by atoms with Gasteiger partial charge >= 0.3 is 0 Å². The van der Waals surface area contributed by atoms with Crippen molar-refractivity contribution >= 4 is 18.4 Å². The highest BCUT2D eigenvalue weighted by Crippen LogP contribution is 2.30. The highest BCUT2D eigenvalue weighted by Gasteiger charge is 2.23. The molecule has 23 heavy (non-hydrogen) atoms. The van der Waals surface area contributed by atoms with E-state index in [-0.39, 0.29) is 6.10 Å². The zero-order chi connectivity index (χ0) is 16.2.